The monoisotopic (exact) mass is 528 g/mol. The van der Waals surface area contributed by atoms with Gasteiger partial charge in [-0.2, -0.15) is 0 Å². The minimum Gasteiger partial charge on any atom is -0.391 e. The number of carbonyl (C=O) groups excluding carboxylic acids is 3. The molecule has 37 heavy (non-hydrogen) atoms. The number of hydrogen-bond donors (Lipinski definition) is 3. The number of aromatic nitrogens is 1. The lowest BCUT2D eigenvalue weighted by Gasteiger charge is -2.37. The Morgan fingerprint density at radius 1 is 1.14 bits per heavy atom. The molecular weight excluding hydrogens is 488 g/mol. The lowest BCUT2D eigenvalue weighted by molar-refractivity contribution is -0.143. The topological polar surface area (TPSA) is 112 Å². The summed E-state index contributed by atoms with van der Waals surface area (Å²) in [5, 5.41) is 16.2. The third-order valence-electron chi connectivity index (χ3n) is 6.62. The molecule has 1 aliphatic rings. The van der Waals surface area contributed by atoms with Crippen LogP contribution in [0.3, 0.4) is 0 Å². The lowest BCUT2D eigenvalue weighted by atomic mass is 9.84. The Labute approximate surface area is 223 Å². The highest BCUT2D eigenvalue weighted by molar-refractivity contribution is 7.13. The van der Waals surface area contributed by atoms with E-state index in [0.717, 1.165) is 21.7 Å². The van der Waals surface area contributed by atoms with Crippen LogP contribution in [-0.4, -0.2) is 57.4 Å². The second-order valence-electron chi connectivity index (χ2n) is 12.0. The van der Waals surface area contributed by atoms with Crippen LogP contribution in [0.4, 0.5) is 0 Å². The normalized spacial score (nSPS) is 19.0. The highest BCUT2D eigenvalue weighted by Crippen LogP contribution is 2.29. The molecule has 0 bridgehead atoms. The molecule has 1 saturated heterocycles. The van der Waals surface area contributed by atoms with Crippen molar-refractivity contribution in [1.29, 1.82) is 0 Å². The van der Waals surface area contributed by atoms with E-state index in [1.54, 1.807) is 37.0 Å². The van der Waals surface area contributed by atoms with Gasteiger partial charge in [-0.1, -0.05) is 65.8 Å². The van der Waals surface area contributed by atoms with Gasteiger partial charge in [-0.25, -0.2) is 4.98 Å². The number of rotatable bonds is 7. The van der Waals surface area contributed by atoms with Crippen molar-refractivity contribution in [3.05, 3.63) is 41.0 Å². The van der Waals surface area contributed by atoms with Crippen LogP contribution in [0.15, 0.2) is 29.8 Å². The highest BCUT2D eigenvalue weighted by atomic mass is 32.1. The van der Waals surface area contributed by atoms with Crippen molar-refractivity contribution in [2.75, 3.05) is 6.54 Å². The number of carbonyl (C=O) groups is 3. The minimum absolute atomic E-state index is 0.0883. The van der Waals surface area contributed by atoms with E-state index < -0.39 is 29.0 Å². The smallest absolute Gasteiger partial charge is 0.246 e. The van der Waals surface area contributed by atoms with Crippen LogP contribution in [0.25, 0.3) is 10.4 Å². The second kappa shape index (κ2) is 11.3. The molecule has 2 aromatic rings. The standard InChI is InChI=1S/C28H40N4O4S/c1-17-23(37-16-30-17)19-10-8-18(9-11-19)14-29-22(34)13-20-12-21(33)15-32(20)25(35)24(27(2,3)4)31-26(36)28(5,6)7/h8-11,16,20-21,24,33H,12-15H2,1-7H3,(H,29,34)(H,31,36)/t20?,21-,24-/m1/s1. The van der Waals surface area contributed by atoms with Crippen molar-refractivity contribution < 1.29 is 19.5 Å². The molecule has 0 saturated carbocycles. The molecule has 1 aromatic heterocycles. The third kappa shape index (κ3) is 7.38. The van der Waals surface area contributed by atoms with Gasteiger partial charge >= 0.3 is 0 Å². The quantitative estimate of drug-likeness (QED) is 0.508. The number of aryl methyl sites for hydroxylation is 1. The summed E-state index contributed by atoms with van der Waals surface area (Å²) in [5.74, 6) is -0.676. The van der Waals surface area contributed by atoms with Gasteiger partial charge in [-0.3, -0.25) is 14.4 Å². The van der Waals surface area contributed by atoms with Crippen LogP contribution in [0.5, 0.6) is 0 Å². The van der Waals surface area contributed by atoms with E-state index in [-0.39, 0.29) is 30.7 Å². The fraction of sp³-hybridized carbons (Fsp3) is 0.571. The highest BCUT2D eigenvalue weighted by Gasteiger charge is 2.43. The number of nitrogens with one attached hydrogen (secondary N) is 2. The Bertz CT molecular complexity index is 1110. The molecule has 3 N–H and O–H groups in total. The number of nitrogens with zero attached hydrogens (tertiary/aromatic N) is 2. The number of aliphatic hydroxyl groups is 1. The van der Waals surface area contributed by atoms with E-state index in [9.17, 15) is 19.5 Å². The fourth-order valence-electron chi connectivity index (χ4n) is 4.36. The molecule has 0 spiro atoms. The number of hydrogen-bond acceptors (Lipinski definition) is 6. The van der Waals surface area contributed by atoms with Crippen LogP contribution in [0.2, 0.25) is 0 Å². The molecule has 2 heterocycles. The van der Waals surface area contributed by atoms with E-state index >= 15 is 0 Å². The zero-order chi connectivity index (χ0) is 27.5. The van der Waals surface area contributed by atoms with E-state index in [0.29, 0.717) is 13.0 Å². The Kier molecular flexibility index (Phi) is 8.80. The van der Waals surface area contributed by atoms with Crippen molar-refractivity contribution in [2.24, 2.45) is 10.8 Å². The predicted molar refractivity (Wildman–Crippen MR) is 146 cm³/mol. The maximum absolute atomic E-state index is 13.6. The predicted octanol–water partition coefficient (Wildman–Crippen LogP) is 3.66. The van der Waals surface area contributed by atoms with Crippen molar-refractivity contribution in [2.45, 2.75) is 86.0 Å². The number of benzene rings is 1. The average Bonchev–Trinajstić information content (AvgIpc) is 3.39. The molecule has 1 aliphatic heterocycles. The summed E-state index contributed by atoms with van der Waals surface area (Å²) in [5.41, 5.74) is 3.70. The van der Waals surface area contributed by atoms with Gasteiger partial charge < -0.3 is 20.6 Å². The first-order valence-corrected chi connectivity index (χ1v) is 13.6. The minimum atomic E-state index is -0.768. The molecule has 3 atom stereocenters. The Morgan fingerprint density at radius 2 is 1.78 bits per heavy atom. The number of likely N-dealkylation sites (tertiary alicyclic amines) is 1. The van der Waals surface area contributed by atoms with Crippen molar-refractivity contribution >= 4 is 29.1 Å². The van der Waals surface area contributed by atoms with Gasteiger partial charge in [0.1, 0.15) is 6.04 Å². The van der Waals surface area contributed by atoms with Gasteiger partial charge in [-0.05, 0) is 29.9 Å². The number of amides is 3. The van der Waals surface area contributed by atoms with Crippen molar-refractivity contribution in [3.63, 3.8) is 0 Å². The maximum atomic E-state index is 13.6. The van der Waals surface area contributed by atoms with Gasteiger partial charge in [0, 0.05) is 31.0 Å². The van der Waals surface area contributed by atoms with Crippen molar-refractivity contribution in [3.8, 4) is 10.4 Å². The van der Waals surface area contributed by atoms with Gasteiger partial charge in [0.15, 0.2) is 0 Å². The molecule has 1 aromatic carbocycles. The number of aliphatic hydroxyl groups excluding tert-OH is 1. The molecule has 8 nitrogen and oxygen atoms in total. The largest absolute Gasteiger partial charge is 0.391 e. The SMILES string of the molecule is Cc1ncsc1-c1ccc(CNC(=O)CC2C[C@@H](O)CN2C(=O)[C@@H](NC(=O)C(C)(C)C)C(C)(C)C)cc1. The van der Waals surface area contributed by atoms with E-state index in [1.165, 1.54) is 0 Å². The number of thiazole rings is 1. The summed E-state index contributed by atoms with van der Waals surface area (Å²) >= 11 is 1.60. The third-order valence-corrected chi connectivity index (χ3v) is 7.60. The molecule has 0 aliphatic carbocycles. The molecule has 3 rings (SSSR count). The maximum Gasteiger partial charge on any atom is 0.246 e. The Morgan fingerprint density at radius 3 is 2.32 bits per heavy atom. The fourth-order valence-corrected chi connectivity index (χ4v) is 5.17. The second-order valence-corrected chi connectivity index (χ2v) is 12.9. The van der Waals surface area contributed by atoms with E-state index in [2.05, 4.69) is 15.6 Å². The van der Waals surface area contributed by atoms with Crippen LogP contribution in [0, 0.1) is 17.8 Å². The van der Waals surface area contributed by atoms with Crippen molar-refractivity contribution in [1.82, 2.24) is 20.5 Å². The first-order chi connectivity index (χ1) is 17.2. The molecule has 1 fully saturated rings. The summed E-state index contributed by atoms with van der Waals surface area (Å²) < 4.78 is 0. The summed E-state index contributed by atoms with van der Waals surface area (Å²) in [6.07, 6.45) is -0.291. The zero-order valence-corrected chi connectivity index (χ0v) is 23.7. The van der Waals surface area contributed by atoms with Crippen LogP contribution < -0.4 is 10.6 Å². The van der Waals surface area contributed by atoms with Gasteiger partial charge in [0.25, 0.3) is 0 Å². The molecule has 9 heteroatoms. The van der Waals surface area contributed by atoms with Crippen LogP contribution >= 0.6 is 11.3 Å². The summed E-state index contributed by atoms with van der Waals surface area (Å²) in [4.78, 5) is 46.1. The molecule has 1 unspecified atom stereocenters. The molecule has 202 valence electrons. The zero-order valence-electron chi connectivity index (χ0n) is 22.9. The summed E-state index contributed by atoms with van der Waals surface area (Å²) in [6, 6.07) is 6.81. The van der Waals surface area contributed by atoms with E-state index in [1.807, 2.05) is 57.5 Å². The van der Waals surface area contributed by atoms with Gasteiger partial charge in [-0.15, -0.1) is 11.3 Å². The number of β-amino-alcohol motifs (C(OH)–C–C–N with tert-alkyl or cyclic N) is 1. The lowest BCUT2D eigenvalue weighted by Crippen LogP contribution is -2.57. The average molecular weight is 529 g/mol. The van der Waals surface area contributed by atoms with Gasteiger partial charge in [0.05, 0.1) is 22.2 Å². The Balaban J connectivity index is 1.63. The molecule has 0 radical (unpaired) electrons. The first kappa shape index (κ1) is 28.8. The Hall–Kier alpha value is -2.78. The van der Waals surface area contributed by atoms with Gasteiger partial charge in [0.2, 0.25) is 17.7 Å². The van der Waals surface area contributed by atoms with E-state index in [4.69, 9.17) is 0 Å². The molecule has 3 amide bonds. The first-order valence-electron chi connectivity index (χ1n) is 12.7. The summed E-state index contributed by atoms with van der Waals surface area (Å²) in [6.45, 7) is 13.6. The van der Waals surface area contributed by atoms with Crippen LogP contribution in [-0.2, 0) is 20.9 Å². The molecular formula is C28H40N4O4S. The summed E-state index contributed by atoms with van der Waals surface area (Å²) in [7, 11) is 0. The van der Waals surface area contributed by atoms with Crippen LogP contribution in [0.1, 0.15) is 65.6 Å².